The summed E-state index contributed by atoms with van der Waals surface area (Å²) in [6, 6.07) is 12.1. The standard InChI is InChI=1S/C25H24Cl2N2O5S2/c1-2-34-25(31)23-18-10-6-7-11-21(18)35-24(23)28-22(30)15-29(20-13-12-16(26)14-19(20)27)36(32,33)17-8-4-3-5-9-17/h3-5,8-9,12-14H,2,6-7,10-11,15H2,1H3,(H,28,30). The third-order valence-electron chi connectivity index (χ3n) is 5.70. The lowest BCUT2D eigenvalue weighted by molar-refractivity contribution is -0.114. The van der Waals surface area contributed by atoms with Gasteiger partial charge in [0.15, 0.2) is 0 Å². The van der Waals surface area contributed by atoms with Crippen molar-refractivity contribution in [1.29, 1.82) is 0 Å². The van der Waals surface area contributed by atoms with Crippen LogP contribution in [0.15, 0.2) is 53.4 Å². The van der Waals surface area contributed by atoms with Crippen LogP contribution < -0.4 is 9.62 Å². The summed E-state index contributed by atoms with van der Waals surface area (Å²) in [7, 11) is -4.16. The van der Waals surface area contributed by atoms with Crippen molar-refractivity contribution in [2.24, 2.45) is 0 Å². The molecule has 0 saturated carbocycles. The van der Waals surface area contributed by atoms with Crippen LogP contribution in [0.4, 0.5) is 10.7 Å². The van der Waals surface area contributed by atoms with Gasteiger partial charge in [0.2, 0.25) is 5.91 Å². The maximum Gasteiger partial charge on any atom is 0.341 e. The van der Waals surface area contributed by atoms with Crippen molar-refractivity contribution in [1.82, 2.24) is 0 Å². The first-order chi connectivity index (χ1) is 17.2. The summed E-state index contributed by atoms with van der Waals surface area (Å²) in [5.74, 6) is -1.12. The normalized spacial score (nSPS) is 13.1. The Bertz CT molecular complexity index is 1390. The fourth-order valence-electron chi connectivity index (χ4n) is 4.07. The average molecular weight is 568 g/mol. The van der Waals surface area contributed by atoms with Crippen LogP contribution in [0.25, 0.3) is 0 Å². The number of aryl methyl sites for hydroxylation is 1. The second kappa shape index (κ2) is 11.2. The van der Waals surface area contributed by atoms with Crippen LogP contribution in [0.2, 0.25) is 10.0 Å². The van der Waals surface area contributed by atoms with Crippen molar-refractivity contribution in [3.63, 3.8) is 0 Å². The molecule has 1 heterocycles. The number of esters is 1. The second-order valence-corrected chi connectivity index (χ2v) is 11.9. The van der Waals surface area contributed by atoms with Gasteiger partial charge in [-0.15, -0.1) is 11.3 Å². The lowest BCUT2D eigenvalue weighted by Gasteiger charge is -2.25. The Morgan fingerprint density at radius 2 is 1.81 bits per heavy atom. The number of halogens is 2. The molecule has 4 rings (SSSR count). The Labute approximate surface area is 224 Å². The van der Waals surface area contributed by atoms with Gasteiger partial charge in [-0.1, -0.05) is 41.4 Å². The quantitative estimate of drug-likeness (QED) is 0.340. The van der Waals surface area contributed by atoms with E-state index < -0.39 is 28.4 Å². The zero-order valence-electron chi connectivity index (χ0n) is 19.4. The number of sulfonamides is 1. The molecule has 1 aromatic heterocycles. The molecule has 0 spiro atoms. The highest BCUT2D eigenvalue weighted by atomic mass is 35.5. The van der Waals surface area contributed by atoms with Crippen molar-refractivity contribution in [3.05, 3.63) is 74.6 Å². The largest absolute Gasteiger partial charge is 0.462 e. The van der Waals surface area contributed by atoms with Gasteiger partial charge < -0.3 is 10.1 Å². The van der Waals surface area contributed by atoms with Crippen LogP contribution in [0.1, 0.15) is 40.6 Å². The molecule has 0 aliphatic heterocycles. The predicted octanol–water partition coefficient (Wildman–Crippen LogP) is 5.94. The summed E-state index contributed by atoms with van der Waals surface area (Å²) in [6.45, 7) is 1.36. The molecule has 190 valence electrons. The van der Waals surface area contributed by atoms with Crippen molar-refractivity contribution in [2.75, 3.05) is 22.8 Å². The van der Waals surface area contributed by atoms with E-state index in [1.807, 2.05) is 0 Å². The van der Waals surface area contributed by atoms with Crippen LogP contribution in [-0.4, -0.2) is 33.4 Å². The molecule has 0 radical (unpaired) electrons. The smallest absolute Gasteiger partial charge is 0.341 e. The minimum absolute atomic E-state index is 0.00242. The van der Waals surface area contributed by atoms with Gasteiger partial charge in [-0.3, -0.25) is 9.10 Å². The lowest BCUT2D eigenvalue weighted by atomic mass is 9.95. The number of hydrogen-bond donors (Lipinski definition) is 1. The van der Waals surface area contributed by atoms with Gasteiger partial charge in [0.25, 0.3) is 10.0 Å². The Morgan fingerprint density at radius 1 is 1.08 bits per heavy atom. The number of carbonyl (C=O) groups is 2. The van der Waals surface area contributed by atoms with Gasteiger partial charge in [-0.05, 0) is 68.5 Å². The Hall–Kier alpha value is -2.59. The lowest BCUT2D eigenvalue weighted by Crippen LogP contribution is -2.38. The molecule has 0 fully saturated rings. The summed E-state index contributed by atoms with van der Waals surface area (Å²) in [5.41, 5.74) is 1.36. The highest BCUT2D eigenvalue weighted by Crippen LogP contribution is 2.39. The van der Waals surface area contributed by atoms with E-state index in [4.69, 9.17) is 27.9 Å². The molecule has 1 amide bonds. The highest BCUT2D eigenvalue weighted by Gasteiger charge is 2.31. The van der Waals surface area contributed by atoms with E-state index >= 15 is 0 Å². The molecular formula is C25H24Cl2N2O5S2. The number of fused-ring (bicyclic) bond motifs is 1. The van der Waals surface area contributed by atoms with Crippen LogP contribution >= 0.6 is 34.5 Å². The van der Waals surface area contributed by atoms with Crippen LogP contribution in [0, 0.1) is 0 Å². The fourth-order valence-corrected chi connectivity index (χ4v) is 7.39. The van der Waals surface area contributed by atoms with Crippen LogP contribution in [0.3, 0.4) is 0 Å². The average Bonchev–Trinajstić information content (AvgIpc) is 3.21. The van der Waals surface area contributed by atoms with Gasteiger partial charge in [-0.25, -0.2) is 13.2 Å². The Kier molecular flexibility index (Phi) is 8.24. The number of hydrogen-bond acceptors (Lipinski definition) is 6. The molecule has 0 bridgehead atoms. The van der Waals surface area contributed by atoms with Gasteiger partial charge in [0.05, 0.1) is 27.8 Å². The second-order valence-electron chi connectivity index (χ2n) is 8.10. The third kappa shape index (κ3) is 5.54. The molecular weight excluding hydrogens is 543 g/mol. The highest BCUT2D eigenvalue weighted by molar-refractivity contribution is 7.92. The number of rotatable bonds is 8. The molecule has 0 unspecified atom stereocenters. The van der Waals surface area contributed by atoms with Gasteiger partial charge in [0, 0.05) is 9.90 Å². The molecule has 2 aromatic carbocycles. The summed E-state index contributed by atoms with van der Waals surface area (Å²) < 4.78 is 33.3. The first-order valence-electron chi connectivity index (χ1n) is 11.4. The number of amides is 1. The number of anilines is 2. The molecule has 0 atom stereocenters. The molecule has 1 N–H and O–H groups in total. The molecule has 1 aliphatic rings. The van der Waals surface area contributed by atoms with E-state index in [2.05, 4.69) is 5.32 Å². The zero-order valence-corrected chi connectivity index (χ0v) is 22.6. The molecule has 3 aromatic rings. The third-order valence-corrected chi connectivity index (χ3v) is 9.22. The number of nitrogens with one attached hydrogen (secondary N) is 1. The first kappa shape index (κ1) is 26.5. The predicted molar refractivity (Wildman–Crippen MR) is 143 cm³/mol. The monoisotopic (exact) mass is 566 g/mol. The van der Waals surface area contributed by atoms with E-state index in [1.54, 1.807) is 25.1 Å². The number of thiophene rings is 1. The summed E-state index contributed by atoms with van der Waals surface area (Å²) in [6.07, 6.45) is 3.49. The SMILES string of the molecule is CCOC(=O)c1c(NC(=O)CN(c2ccc(Cl)cc2Cl)S(=O)(=O)c2ccccc2)sc2c1CCCC2. The van der Waals surface area contributed by atoms with Crippen molar-refractivity contribution < 1.29 is 22.7 Å². The first-order valence-corrected chi connectivity index (χ1v) is 14.4. The molecule has 0 saturated heterocycles. The maximum atomic E-state index is 13.6. The van der Waals surface area contributed by atoms with Gasteiger partial charge >= 0.3 is 5.97 Å². The van der Waals surface area contributed by atoms with Gasteiger partial charge in [-0.2, -0.15) is 0 Å². The van der Waals surface area contributed by atoms with Crippen molar-refractivity contribution in [2.45, 2.75) is 37.5 Å². The molecule has 7 nitrogen and oxygen atoms in total. The maximum absolute atomic E-state index is 13.6. The zero-order chi connectivity index (χ0) is 25.9. The molecule has 11 heteroatoms. The number of carbonyl (C=O) groups excluding carboxylic acids is 2. The number of benzene rings is 2. The Balaban J connectivity index is 1.69. The number of nitrogens with zero attached hydrogens (tertiary/aromatic N) is 1. The van der Waals surface area contributed by atoms with Crippen molar-refractivity contribution in [3.8, 4) is 0 Å². The molecule has 1 aliphatic carbocycles. The minimum Gasteiger partial charge on any atom is -0.462 e. The van der Waals surface area contributed by atoms with Crippen LogP contribution in [0.5, 0.6) is 0 Å². The van der Waals surface area contributed by atoms with Gasteiger partial charge in [0.1, 0.15) is 11.5 Å². The fraction of sp³-hybridized carbons (Fsp3) is 0.280. The number of ether oxygens (including phenoxy) is 1. The summed E-state index contributed by atoms with van der Waals surface area (Å²) >= 11 is 13.7. The topological polar surface area (TPSA) is 92.8 Å². The summed E-state index contributed by atoms with van der Waals surface area (Å²) in [4.78, 5) is 27.0. The minimum atomic E-state index is -4.16. The summed E-state index contributed by atoms with van der Waals surface area (Å²) in [5, 5.41) is 3.54. The van der Waals surface area contributed by atoms with E-state index in [9.17, 15) is 18.0 Å². The van der Waals surface area contributed by atoms with E-state index in [-0.39, 0.29) is 22.2 Å². The van der Waals surface area contributed by atoms with E-state index in [1.165, 1.54) is 41.7 Å². The molecule has 36 heavy (non-hydrogen) atoms. The van der Waals surface area contributed by atoms with E-state index in [0.29, 0.717) is 15.6 Å². The van der Waals surface area contributed by atoms with E-state index in [0.717, 1.165) is 40.4 Å². The van der Waals surface area contributed by atoms with Crippen molar-refractivity contribution >= 4 is 67.1 Å². The van der Waals surface area contributed by atoms with Crippen LogP contribution in [-0.2, 0) is 32.4 Å². The Morgan fingerprint density at radius 3 is 2.50 bits per heavy atom.